The summed E-state index contributed by atoms with van der Waals surface area (Å²) in [6.07, 6.45) is 2.72. The Balaban J connectivity index is 2.23. The highest BCUT2D eigenvalue weighted by Gasteiger charge is 2.18. The van der Waals surface area contributed by atoms with Gasteiger partial charge in [-0.05, 0) is 35.5 Å². The number of carbonyl (C=O) groups is 2. The first-order chi connectivity index (χ1) is 12.4. The molecule has 0 fully saturated rings. The number of nitro groups is 1. The van der Waals surface area contributed by atoms with E-state index in [9.17, 15) is 19.7 Å². The van der Waals surface area contributed by atoms with Crippen LogP contribution in [0.2, 0.25) is 0 Å². The topological polar surface area (TPSA) is 134 Å². The third-order valence-corrected chi connectivity index (χ3v) is 4.31. The molecule has 138 valence electrons. The number of hydrogen-bond acceptors (Lipinski definition) is 7. The van der Waals surface area contributed by atoms with Crippen molar-refractivity contribution >= 4 is 39.0 Å². The molecule has 1 aromatic carbocycles. The molecule has 0 atom stereocenters. The number of thiazole rings is 1. The van der Waals surface area contributed by atoms with Crippen LogP contribution in [0.3, 0.4) is 0 Å². The van der Waals surface area contributed by atoms with Crippen LogP contribution >= 0.6 is 11.3 Å². The zero-order chi connectivity index (χ0) is 19.1. The lowest BCUT2D eigenvalue weighted by Gasteiger charge is -2.11. The molecule has 1 amide bonds. The highest BCUT2D eigenvalue weighted by Crippen LogP contribution is 2.26. The minimum Gasteiger partial charge on any atom is -0.481 e. The molecule has 0 aliphatic carbocycles. The van der Waals surface area contributed by atoms with E-state index in [0.717, 1.165) is 36.9 Å². The Kier molecular flexibility index (Phi) is 6.61. The van der Waals surface area contributed by atoms with Gasteiger partial charge in [0, 0.05) is 17.8 Å². The molecule has 0 spiro atoms. The van der Waals surface area contributed by atoms with Gasteiger partial charge in [-0.1, -0.05) is 19.4 Å². The van der Waals surface area contributed by atoms with Crippen molar-refractivity contribution in [2.75, 3.05) is 17.2 Å². The van der Waals surface area contributed by atoms with Crippen LogP contribution in [0, 0.1) is 10.1 Å². The molecule has 0 unspecified atom stereocenters. The first-order valence-corrected chi connectivity index (χ1v) is 8.72. The van der Waals surface area contributed by atoms with Crippen LogP contribution in [0.4, 0.5) is 15.8 Å². The number of hydrogen-bond donors (Lipinski definition) is 3. The number of carbonyl (C=O) groups excluding carboxylic acids is 1. The molecule has 0 saturated carbocycles. The lowest BCUT2D eigenvalue weighted by atomic mass is 10.0. The number of aromatic nitrogens is 1. The Morgan fingerprint density at radius 3 is 2.77 bits per heavy atom. The van der Waals surface area contributed by atoms with Gasteiger partial charge in [0.1, 0.15) is 6.20 Å². The van der Waals surface area contributed by atoms with Crippen LogP contribution in [0.25, 0.3) is 0 Å². The van der Waals surface area contributed by atoms with Crippen LogP contribution in [0.15, 0.2) is 24.4 Å². The molecule has 0 radical (unpaired) electrons. The molecule has 1 heterocycles. The average molecular weight is 378 g/mol. The summed E-state index contributed by atoms with van der Waals surface area (Å²) in [7, 11) is 0. The number of benzene rings is 1. The summed E-state index contributed by atoms with van der Waals surface area (Å²) in [4.78, 5) is 37.5. The summed E-state index contributed by atoms with van der Waals surface area (Å²) in [5, 5.41) is 25.3. The third kappa shape index (κ3) is 5.24. The number of anilines is 2. The van der Waals surface area contributed by atoms with E-state index in [-0.39, 0.29) is 22.1 Å². The minimum atomic E-state index is -1.06. The molecular weight excluding hydrogens is 360 g/mol. The smallest absolute Gasteiger partial charge is 0.345 e. The predicted octanol–water partition coefficient (Wildman–Crippen LogP) is 3.14. The molecular formula is C16H18N4O5S. The number of nitrogens with zero attached hydrogens (tertiary/aromatic N) is 2. The van der Waals surface area contributed by atoms with Crippen LogP contribution in [0.5, 0.6) is 0 Å². The van der Waals surface area contributed by atoms with E-state index in [4.69, 9.17) is 5.11 Å². The van der Waals surface area contributed by atoms with E-state index in [1.807, 2.05) is 0 Å². The summed E-state index contributed by atoms with van der Waals surface area (Å²) in [5.74, 6) is -1.62. The summed E-state index contributed by atoms with van der Waals surface area (Å²) < 4.78 is 0. The summed E-state index contributed by atoms with van der Waals surface area (Å²) in [5.41, 5.74) is 1.23. The fraction of sp³-hybridized carbons (Fsp3) is 0.312. The molecule has 10 heteroatoms. The fourth-order valence-electron chi connectivity index (χ4n) is 2.20. The van der Waals surface area contributed by atoms with Gasteiger partial charge >= 0.3 is 11.0 Å². The Morgan fingerprint density at radius 2 is 2.15 bits per heavy atom. The molecule has 3 N–H and O–H groups in total. The van der Waals surface area contributed by atoms with E-state index < -0.39 is 16.8 Å². The molecule has 0 saturated heterocycles. The first-order valence-electron chi connectivity index (χ1n) is 7.91. The molecule has 2 aromatic rings. The SMILES string of the molecule is CCCCNc1ccc(CC(=O)O)c(C(=O)Nc2ncc([N+](=O)[O-])s2)c1. The lowest BCUT2D eigenvalue weighted by molar-refractivity contribution is -0.380. The molecule has 26 heavy (non-hydrogen) atoms. The molecule has 2 rings (SSSR count). The fourth-order valence-corrected chi connectivity index (χ4v) is 2.82. The Bertz CT molecular complexity index is 821. The number of unbranched alkanes of at least 4 members (excludes halogenated alkanes) is 1. The normalized spacial score (nSPS) is 10.3. The number of nitrogens with one attached hydrogen (secondary N) is 2. The van der Waals surface area contributed by atoms with Crippen molar-refractivity contribution in [3.05, 3.63) is 45.6 Å². The standard InChI is InChI=1S/C16H18N4O5S/c1-2-3-6-17-11-5-4-10(7-14(21)22)12(8-11)15(23)19-16-18-9-13(26-16)20(24)25/h4-5,8-9,17H,2-3,6-7H2,1H3,(H,21,22)(H,18,19,23). The van der Waals surface area contributed by atoms with E-state index in [1.54, 1.807) is 18.2 Å². The Hall–Kier alpha value is -3.01. The van der Waals surface area contributed by atoms with Gasteiger partial charge in [0.05, 0.1) is 11.3 Å². The summed E-state index contributed by atoms with van der Waals surface area (Å²) in [6.45, 7) is 2.79. The second kappa shape index (κ2) is 8.90. The van der Waals surface area contributed by atoms with Crippen molar-refractivity contribution in [1.29, 1.82) is 0 Å². The quantitative estimate of drug-likeness (QED) is 0.346. The first kappa shape index (κ1) is 19.3. The Labute approximate surface area is 153 Å². The van der Waals surface area contributed by atoms with Crippen LogP contribution < -0.4 is 10.6 Å². The predicted molar refractivity (Wildman–Crippen MR) is 97.9 cm³/mol. The van der Waals surface area contributed by atoms with Gasteiger partial charge in [-0.3, -0.25) is 25.0 Å². The maximum atomic E-state index is 12.5. The van der Waals surface area contributed by atoms with E-state index in [1.165, 1.54) is 0 Å². The largest absolute Gasteiger partial charge is 0.481 e. The number of carboxylic acid groups (broad SMARTS) is 1. The van der Waals surface area contributed by atoms with Gasteiger partial charge in [0.15, 0.2) is 5.13 Å². The highest BCUT2D eigenvalue weighted by molar-refractivity contribution is 7.18. The van der Waals surface area contributed by atoms with Crippen molar-refractivity contribution in [2.24, 2.45) is 0 Å². The van der Waals surface area contributed by atoms with E-state index >= 15 is 0 Å². The van der Waals surface area contributed by atoms with Crippen molar-refractivity contribution in [3.63, 3.8) is 0 Å². The van der Waals surface area contributed by atoms with Crippen molar-refractivity contribution in [3.8, 4) is 0 Å². The number of carboxylic acids is 1. The Morgan fingerprint density at radius 1 is 1.38 bits per heavy atom. The molecule has 0 aliphatic heterocycles. The van der Waals surface area contributed by atoms with Crippen molar-refractivity contribution in [2.45, 2.75) is 26.2 Å². The lowest BCUT2D eigenvalue weighted by Crippen LogP contribution is -2.16. The second-order valence-corrected chi connectivity index (χ2v) is 6.45. The van der Waals surface area contributed by atoms with Crippen LogP contribution in [-0.2, 0) is 11.2 Å². The van der Waals surface area contributed by atoms with Gasteiger partial charge in [-0.15, -0.1) is 0 Å². The number of rotatable bonds is 9. The zero-order valence-electron chi connectivity index (χ0n) is 14.0. The highest BCUT2D eigenvalue weighted by atomic mass is 32.1. The maximum absolute atomic E-state index is 12.5. The van der Waals surface area contributed by atoms with E-state index in [0.29, 0.717) is 11.3 Å². The third-order valence-electron chi connectivity index (χ3n) is 3.45. The van der Waals surface area contributed by atoms with Gasteiger partial charge in [0.25, 0.3) is 5.91 Å². The molecule has 1 aromatic heterocycles. The molecule has 0 aliphatic rings. The summed E-state index contributed by atoms with van der Waals surface area (Å²) in [6, 6.07) is 4.88. The minimum absolute atomic E-state index is 0.0762. The molecule has 9 nitrogen and oxygen atoms in total. The molecule has 0 bridgehead atoms. The van der Waals surface area contributed by atoms with Gasteiger partial charge in [-0.25, -0.2) is 4.98 Å². The van der Waals surface area contributed by atoms with Crippen molar-refractivity contribution < 1.29 is 19.6 Å². The van der Waals surface area contributed by atoms with Gasteiger partial charge in [-0.2, -0.15) is 0 Å². The number of amides is 1. The second-order valence-electron chi connectivity index (χ2n) is 5.44. The van der Waals surface area contributed by atoms with E-state index in [2.05, 4.69) is 22.5 Å². The monoisotopic (exact) mass is 378 g/mol. The van der Waals surface area contributed by atoms with Gasteiger partial charge < -0.3 is 10.4 Å². The van der Waals surface area contributed by atoms with Crippen molar-refractivity contribution in [1.82, 2.24) is 4.98 Å². The van der Waals surface area contributed by atoms with Gasteiger partial charge in [0.2, 0.25) is 0 Å². The average Bonchev–Trinajstić information content (AvgIpc) is 3.04. The van der Waals surface area contributed by atoms with Crippen LogP contribution in [0.1, 0.15) is 35.7 Å². The van der Waals surface area contributed by atoms with Crippen LogP contribution in [-0.4, -0.2) is 33.4 Å². The number of aliphatic carboxylic acids is 1. The maximum Gasteiger partial charge on any atom is 0.345 e. The summed E-state index contributed by atoms with van der Waals surface area (Å²) >= 11 is 0.731. The zero-order valence-corrected chi connectivity index (χ0v) is 14.8.